The van der Waals surface area contributed by atoms with Gasteiger partial charge in [0.05, 0.1) is 34.5 Å². The van der Waals surface area contributed by atoms with Crippen LogP contribution in [-0.2, 0) is 28.9 Å². The predicted octanol–water partition coefficient (Wildman–Crippen LogP) is 5.72. The van der Waals surface area contributed by atoms with Gasteiger partial charge in [-0.3, -0.25) is 14.2 Å². The number of carbonyl (C=O) groups excluding carboxylic acids is 3. The molecule has 1 aromatic carbocycles. The van der Waals surface area contributed by atoms with Crippen molar-refractivity contribution in [2.75, 3.05) is 11.9 Å². The van der Waals surface area contributed by atoms with Crippen LogP contribution in [0.25, 0.3) is 5.69 Å². The number of ether oxygens (including phenoxy) is 1. The highest BCUT2D eigenvalue weighted by molar-refractivity contribution is 8.00. The second-order valence-electron chi connectivity index (χ2n) is 9.72. The number of thiophene rings is 2. The van der Waals surface area contributed by atoms with E-state index in [4.69, 9.17) is 4.74 Å². The number of nitrogens with one attached hydrogen (secondary N) is 2. The van der Waals surface area contributed by atoms with Crippen LogP contribution in [0.5, 0.6) is 0 Å². The van der Waals surface area contributed by atoms with E-state index in [1.165, 1.54) is 34.4 Å². The third kappa shape index (κ3) is 6.24. The van der Waals surface area contributed by atoms with Crippen LogP contribution in [0.15, 0.2) is 40.9 Å². The van der Waals surface area contributed by atoms with E-state index in [1.54, 1.807) is 19.9 Å². The summed E-state index contributed by atoms with van der Waals surface area (Å²) in [6, 6.07) is 9.70. The van der Waals surface area contributed by atoms with Gasteiger partial charge in [0.25, 0.3) is 5.91 Å². The molecule has 214 valence electrons. The topological polar surface area (TPSA) is 115 Å². The van der Waals surface area contributed by atoms with Crippen molar-refractivity contribution in [3.63, 3.8) is 0 Å². The lowest BCUT2D eigenvalue weighted by atomic mass is 10.1. The molecule has 0 aliphatic heterocycles. The van der Waals surface area contributed by atoms with Gasteiger partial charge in [0, 0.05) is 4.88 Å². The van der Waals surface area contributed by atoms with Crippen LogP contribution in [0, 0.1) is 13.8 Å². The summed E-state index contributed by atoms with van der Waals surface area (Å²) in [5.74, 6) is -0.273. The van der Waals surface area contributed by atoms with E-state index in [0.717, 1.165) is 46.5 Å². The molecule has 0 radical (unpaired) electrons. The van der Waals surface area contributed by atoms with Crippen molar-refractivity contribution in [2.45, 2.75) is 63.9 Å². The smallest absolute Gasteiger partial charge is 0.341 e. The van der Waals surface area contributed by atoms with Crippen molar-refractivity contribution >= 4 is 57.2 Å². The van der Waals surface area contributed by atoms with Crippen LogP contribution in [0.2, 0.25) is 0 Å². The zero-order chi connectivity index (χ0) is 29.1. The molecule has 1 atom stereocenters. The molecule has 0 saturated carbocycles. The maximum absolute atomic E-state index is 13.4. The number of rotatable bonds is 10. The van der Waals surface area contributed by atoms with E-state index in [2.05, 4.69) is 20.8 Å². The maximum atomic E-state index is 13.4. The van der Waals surface area contributed by atoms with Gasteiger partial charge in [0.15, 0.2) is 11.0 Å². The molecule has 2 amide bonds. The molecule has 0 bridgehead atoms. The number of carbonyl (C=O) groups is 3. The lowest BCUT2D eigenvalue weighted by Gasteiger charge is -2.16. The van der Waals surface area contributed by atoms with Crippen LogP contribution in [0.3, 0.4) is 0 Å². The lowest BCUT2D eigenvalue weighted by molar-refractivity contribution is -0.115. The molecule has 0 saturated heterocycles. The van der Waals surface area contributed by atoms with Crippen LogP contribution in [0.1, 0.15) is 67.7 Å². The Hall–Kier alpha value is -3.48. The minimum atomic E-state index is -0.552. The van der Waals surface area contributed by atoms with Gasteiger partial charge in [-0.15, -0.1) is 32.9 Å². The van der Waals surface area contributed by atoms with Crippen LogP contribution >= 0.6 is 34.4 Å². The predicted molar refractivity (Wildman–Crippen MR) is 163 cm³/mol. The molecule has 4 aromatic rings. The molecule has 1 aliphatic carbocycles. The molecule has 0 unspecified atom stereocenters. The number of fused-ring (bicyclic) bond motifs is 1. The van der Waals surface area contributed by atoms with Crippen LogP contribution in [0.4, 0.5) is 5.00 Å². The molecule has 0 fully saturated rings. The first-order valence-corrected chi connectivity index (χ1v) is 16.0. The molecule has 2 N–H and O–H groups in total. The third-order valence-electron chi connectivity index (χ3n) is 6.75. The van der Waals surface area contributed by atoms with Crippen molar-refractivity contribution in [1.82, 2.24) is 20.1 Å². The Morgan fingerprint density at radius 3 is 2.76 bits per heavy atom. The summed E-state index contributed by atoms with van der Waals surface area (Å²) in [4.78, 5) is 40.5. The number of aryl methyl sites for hydroxylation is 3. The number of hydrogen-bond donors (Lipinski definition) is 2. The van der Waals surface area contributed by atoms with Gasteiger partial charge in [-0.25, -0.2) is 4.79 Å². The van der Waals surface area contributed by atoms with Crippen LogP contribution in [-0.4, -0.2) is 44.4 Å². The molecular weight excluding hydrogens is 579 g/mol. The van der Waals surface area contributed by atoms with Gasteiger partial charge >= 0.3 is 5.97 Å². The fourth-order valence-corrected chi connectivity index (χ4v) is 7.48. The number of hydrogen-bond acceptors (Lipinski definition) is 9. The molecule has 12 heteroatoms. The molecule has 41 heavy (non-hydrogen) atoms. The largest absolute Gasteiger partial charge is 0.462 e. The monoisotopic (exact) mass is 609 g/mol. The summed E-state index contributed by atoms with van der Waals surface area (Å²) in [5.41, 5.74) is 4.43. The summed E-state index contributed by atoms with van der Waals surface area (Å²) in [6.07, 6.45) is 2.71. The molecule has 9 nitrogen and oxygen atoms in total. The Kier molecular flexibility index (Phi) is 8.91. The highest BCUT2D eigenvalue weighted by atomic mass is 32.2. The zero-order valence-corrected chi connectivity index (χ0v) is 25.7. The minimum absolute atomic E-state index is 0.169. The normalized spacial score (nSPS) is 13.1. The lowest BCUT2D eigenvalue weighted by Crippen LogP contribution is -2.25. The van der Waals surface area contributed by atoms with E-state index < -0.39 is 11.2 Å². The van der Waals surface area contributed by atoms with Crippen molar-refractivity contribution in [3.8, 4) is 5.69 Å². The first-order valence-electron chi connectivity index (χ1n) is 13.4. The van der Waals surface area contributed by atoms with Crippen molar-refractivity contribution in [3.05, 3.63) is 73.5 Å². The summed E-state index contributed by atoms with van der Waals surface area (Å²) in [5, 5.41) is 17.1. The summed E-state index contributed by atoms with van der Waals surface area (Å²) < 4.78 is 7.20. The highest BCUT2D eigenvalue weighted by Gasteiger charge is 2.30. The molecule has 3 aromatic heterocycles. The first kappa shape index (κ1) is 29.0. The number of esters is 1. The number of anilines is 1. The first-order chi connectivity index (χ1) is 19.8. The zero-order valence-electron chi connectivity index (χ0n) is 23.3. The Morgan fingerprint density at radius 1 is 1.17 bits per heavy atom. The van der Waals surface area contributed by atoms with Gasteiger partial charge in [-0.2, -0.15) is 0 Å². The average molecular weight is 610 g/mol. The molecule has 5 rings (SSSR count). The quantitative estimate of drug-likeness (QED) is 0.175. The number of benzene rings is 1. The maximum Gasteiger partial charge on any atom is 0.341 e. The highest BCUT2D eigenvalue weighted by Crippen LogP contribution is 2.40. The Balaban J connectivity index is 1.39. The summed E-state index contributed by atoms with van der Waals surface area (Å²) in [7, 11) is 0. The van der Waals surface area contributed by atoms with Crippen molar-refractivity contribution in [2.24, 2.45) is 0 Å². The van der Waals surface area contributed by atoms with Gasteiger partial charge in [0.1, 0.15) is 5.00 Å². The fourth-order valence-electron chi connectivity index (χ4n) is 4.68. The summed E-state index contributed by atoms with van der Waals surface area (Å²) in [6.45, 7) is 8.02. The minimum Gasteiger partial charge on any atom is -0.462 e. The van der Waals surface area contributed by atoms with Gasteiger partial charge in [-0.1, -0.05) is 30.0 Å². The van der Waals surface area contributed by atoms with Gasteiger partial charge in [-0.05, 0) is 81.2 Å². The van der Waals surface area contributed by atoms with E-state index >= 15 is 0 Å². The second-order valence-corrected chi connectivity index (χ2v) is 13.1. The Bertz CT molecular complexity index is 1590. The van der Waals surface area contributed by atoms with Crippen molar-refractivity contribution in [1.29, 1.82) is 0 Å². The Labute approximate surface area is 250 Å². The van der Waals surface area contributed by atoms with E-state index in [-0.39, 0.29) is 25.0 Å². The molecule has 1 aliphatic rings. The van der Waals surface area contributed by atoms with Crippen molar-refractivity contribution < 1.29 is 19.1 Å². The van der Waals surface area contributed by atoms with E-state index in [9.17, 15) is 14.4 Å². The SMILES string of the molecule is CCOC(=O)c1c(NC(=O)[C@H](C)Sc2nnc(CNC(=O)c3cccs3)n2-c2cc(C)ccc2C)sc2c1CCC2. The number of amides is 2. The average Bonchev–Trinajstić information content (AvgIpc) is 3.74. The molecular formula is C29H31N5O4S3. The molecule has 0 spiro atoms. The number of aromatic nitrogens is 3. The fraction of sp³-hybridized carbons (Fsp3) is 0.345. The summed E-state index contributed by atoms with van der Waals surface area (Å²) >= 11 is 4.10. The standard InChI is InChI=1S/C29H31N5O4S3/c1-5-38-28(37)24-19-8-6-9-21(19)41-27(24)31-25(35)18(4)40-29-33-32-23(15-30-26(36)22-10-7-13-39-22)34(29)20-14-16(2)11-12-17(20)3/h7,10-14,18H,5-6,8-9,15H2,1-4H3,(H,30,36)(H,31,35)/t18-/m0/s1. The van der Waals surface area contributed by atoms with Gasteiger partial charge in [0.2, 0.25) is 5.91 Å². The number of thioether (sulfide) groups is 1. The Morgan fingerprint density at radius 2 is 2.00 bits per heavy atom. The van der Waals surface area contributed by atoms with E-state index in [0.29, 0.717) is 26.4 Å². The number of nitrogens with zero attached hydrogens (tertiary/aromatic N) is 3. The van der Waals surface area contributed by atoms with Crippen LogP contribution < -0.4 is 10.6 Å². The van der Waals surface area contributed by atoms with Gasteiger partial charge < -0.3 is 15.4 Å². The second kappa shape index (κ2) is 12.6. The van der Waals surface area contributed by atoms with E-state index in [1.807, 2.05) is 48.1 Å². The molecule has 3 heterocycles. The third-order valence-corrected chi connectivity index (χ3v) is 9.87.